The van der Waals surface area contributed by atoms with Crippen molar-refractivity contribution in [3.8, 4) is 17.1 Å². The summed E-state index contributed by atoms with van der Waals surface area (Å²) in [4.78, 5) is 15.7. The number of aryl methyl sites for hydroxylation is 1. The van der Waals surface area contributed by atoms with Crippen LogP contribution in [0.25, 0.3) is 39.0 Å². The molecule has 5 aromatic rings. The van der Waals surface area contributed by atoms with Crippen LogP contribution < -0.4 is 4.90 Å². The highest BCUT2D eigenvalue weighted by molar-refractivity contribution is 6.35. The monoisotopic (exact) mass is 499 g/mol. The van der Waals surface area contributed by atoms with E-state index >= 15 is 0 Å². The zero-order valence-electron chi connectivity index (χ0n) is 20.3. The Morgan fingerprint density at radius 3 is 2.75 bits per heavy atom. The first-order valence-corrected chi connectivity index (χ1v) is 12.9. The Labute approximate surface area is 213 Å². The van der Waals surface area contributed by atoms with E-state index in [2.05, 4.69) is 60.8 Å². The lowest BCUT2D eigenvalue weighted by molar-refractivity contribution is 0.122. The number of halogens is 1. The van der Waals surface area contributed by atoms with Crippen LogP contribution in [0.1, 0.15) is 36.5 Å². The number of anilines is 1. The quantitative estimate of drug-likeness (QED) is 0.367. The van der Waals surface area contributed by atoms with Gasteiger partial charge in [0.25, 0.3) is 0 Å². The van der Waals surface area contributed by atoms with Crippen molar-refractivity contribution in [3.05, 3.63) is 58.8 Å². The minimum Gasteiger partial charge on any atom is -0.378 e. The van der Waals surface area contributed by atoms with Crippen molar-refractivity contribution in [2.75, 3.05) is 31.2 Å². The lowest BCUT2D eigenvalue weighted by Crippen LogP contribution is -2.36. The van der Waals surface area contributed by atoms with Crippen LogP contribution in [-0.2, 0) is 11.2 Å². The van der Waals surface area contributed by atoms with E-state index in [1.165, 1.54) is 5.56 Å². The third-order valence-corrected chi connectivity index (χ3v) is 7.78. The van der Waals surface area contributed by atoms with Crippen LogP contribution in [-0.4, -0.2) is 56.0 Å². The summed E-state index contributed by atoms with van der Waals surface area (Å²) in [6, 6.07) is 10.7. The molecule has 1 atom stereocenters. The van der Waals surface area contributed by atoms with Crippen LogP contribution in [0.2, 0.25) is 5.02 Å². The molecule has 1 saturated heterocycles. The average molecular weight is 500 g/mol. The van der Waals surface area contributed by atoms with Gasteiger partial charge in [-0.3, -0.25) is 9.55 Å². The van der Waals surface area contributed by atoms with E-state index in [4.69, 9.17) is 21.3 Å². The molecule has 0 unspecified atom stereocenters. The molecule has 7 rings (SSSR count). The van der Waals surface area contributed by atoms with Gasteiger partial charge in [-0.25, -0.2) is 4.98 Å². The van der Waals surface area contributed by atoms with E-state index in [1.807, 2.05) is 19.2 Å². The third-order valence-electron chi connectivity index (χ3n) is 7.47. The molecular formula is C27H26ClN7O. The highest BCUT2D eigenvalue weighted by atomic mass is 35.5. The minimum absolute atomic E-state index is 0.255. The number of nitrogens with one attached hydrogen (secondary N) is 1. The number of imidazole rings is 1. The van der Waals surface area contributed by atoms with Gasteiger partial charge < -0.3 is 14.6 Å². The highest BCUT2D eigenvalue weighted by Crippen LogP contribution is 2.42. The molecule has 36 heavy (non-hydrogen) atoms. The molecule has 1 fully saturated rings. The molecular weight excluding hydrogens is 474 g/mol. The van der Waals surface area contributed by atoms with Crippen molar-refractivity contribution in [3.63, 3.8) is 0 Å². The second-order valence-corrected chi connectivity index (χ2v) is 10.0. The molecule has 0 radical (unpaired) electrons. The predicted molar refractivity (Wildman–Crippen MR) is 141 cm³/mol. The maximum Gasteiger partial charge on any atom is 0.163 e. The second kappa shape index (κ2) is 8.28. The molecule has 1 N–H and O–H groups in total. The Morgan fingerprint density at radius 2 is 1.97 bits per heavy atom. The molecule has 2 aliphatic heterocycles. The number of aromatic nitrogens is 6. The molecule has 0 saturated carbocycles. The molecule has 0 bridgehead atoms. The number of fused-ring (bicyclic) bond motifs is 4. The number of hydrogen-bond acceptors (Lipinski definition) is 6. The van der Waals surface area contributed by atoms with Crippen LogP contribution in [0.15, 0.2) is 36.5 Å². The smallest absolute Gasteiger partial charge is 0.163 e. The number of morpholine rings is 1. The van der Waals surface area contributed by atoms with E-state index in [0.29, 0.717) is 18.2 Å². The largest absolute Gasteiger partial charge is 0.378 e. The molecule has 0 spiro atoms. The molecule has 0 amide bonds. The van der Waals surface area contributed by atoms with Gasteiger partial charge in [-0.05, 0) is 49.6 Å². The third kappa shape index (κ3) is 3.24. The zero-order chi connectivity index (χ0) is 24.4. The van der Waals surface area contributed by atoms with Gasteiger partial charge in [0.05, 0.1) is 35.0 Å². The summed E-state index contributed by atoms with van der Waals surface area (Å²) in [5.74, 6) is 2.83. The van der Waals surface area contributed by atoms with Crippen molar-refractivity contribution < 1.29 is 4.74 Å². The Kier molecular flexibility index (Phi) is 5.01. The number of hydrogen-bond donors (Lipinski definition) is 1. The summed E-state index contributed by atoms with van der Waals surface area (Å²) in [6.07, 6.45) is 3.71. The number of rotatable bonds is 3. The Hall–Kier alpha value is -3.49. The van der Waals surface area contributed by atoms with Crippen molar-refractivity contribution in [2.45, 2.75) is 32.6 Å². The Bertz CT molecular complexity index is 1630. The minimum atomic E-state index is 0.255. The van der Waals surface area contributed by atoms with Gasteiger partial charge in [-0.1, -0.05) is 24.6 Å². The number of benzene rings is 2. The van der Waals surface area contributed by atoms with E-state index in [1.54, 1.807) is 0 Å². The fraction of sp³-hybridized carbons (Fsp3) is 0.333. The first-order valence-electron chi connectivity index (χ1n) is 12.5. The van der Waals surface area contributed by atoms with Crippen molar-refractivity contribution >= 4 is 39.2 Å². The van der Waals surface area contributed by atoms with Crippen LogP contribution in [0.3, 0.4) is 0 Å². The second-order valence-electron chi connectivity index (χ2n) is 9.59. The fourth-order valence-electron chi connectivity index (χ4n) is 5.68. The maximum atomic E-state index is 6.63. The van der Waals surface area contributed by atoms with Gasteiger partial charge in [0.2, 0.25) is 0 Å². The lowest BCUT2D eigenvalue weighted by Gasteiger charge is -2.29. The van der Waals surface area contributed by atoms with Crippen molar-refractivity contribution in [1.29, 1.82) is 0 Å². The van der Waals surface area contributed by atoms with Crippen LogP contribution >= 0.6 is 11.6 Å². The standard InChI is InChI=1S/C27H26ClN7O/c1-3-16-12-17-4-5-20(28)25-23(17)21(6-7-29-25)35-22-14-18(34-8-10-36-11-9-34)13-19(24(22)31-27(16)35)26-30-15(2)32-33-26/h4-7,13-14,16H,3,8-12H2,1-2H3,(H,30,32,33)/t16-/m0/s1. The molecule has 182 valence electrons. The summed E-state index contributed by atoms with van der Waals surface area (Å²) in [5, 5.41) is 10.5. The summed E-state index contributed by atoms with van der Waals surface area (Å²) in [6.45, 7) is 7.27. The van der Waals surface area contributed by atoms with Gasteiger partial charge >= 0.3 is 0 Å². The molecule has 0 aliphatic carbocycles. The van der Waals surface area contributed by atoms with Crippen LogP contribution in [0.5, 0.6) is 0 Å². The molecule has 8 nitrogen and oxygen atoms in total. The summed E-state index contributed by atoms with van der Waals surface area (Å²) in [5.41, 5.74) is 7.24. The van der Waals surface area contributed by atoms with Crippen molar-refractivity contribution in [2.24, 2.45) is 0 Å². The molecule has 3 aromatic heterocycles. The Balaban J connectivity index is 1.59. The maximum absolute atomic E-state index is 6.63. The SMILES string of the molecule is CC[C@H]1Cc2ccc(Cl)c3nccc(c23)-n2c1nc1c(-c3nnc(C)[nH]3)cc(N3CCOCC3)cc12. The summed E-state index contributed by atoms with van der Waals surface area (Å²) in [7, 11) is 0. The normalized spacial score (nSPS) is 17.5. The summed E-state index contributed by atoms with van der Waals surface area (Å²) < 4.78 is 7.96. The first-order chi connectivity index (χ1) is 17.6. The van der Waals surface area contributed by atoms with Gasteiger partial charge in [-0.15, -0.1) is 10.2 Å². The number of pyridine rings is 1. The molecule has 9 heteroatoms. The molecule has 2 aliphatic rings. The summed E-state index contributed by atoms with van der Waals surface area (Å²) >= 11 is 6.63. The lowest BCUT2D eigenvalue weighted by atomic mass is 9.95. The van der Waals surface area contributed by atoms with E-state index < -0.39 is 0 Å². The van der Waals surface area contributed by atoms with Gasteiger partial charge in [0.1, 0.15) is 17.2 Å². The van der Waals surface area contributed by atoms with E-state index in [-0.39, 0.29) is 5.92 Å². The topological polar surface area (TPSA) is 84.8 Å². The van der Waals surface area contributed by atoms with Gasteiger partial charge in [-0.2, -0.15) is 0 Å². The number of nitrogens with zero attached hydrogens (tertiary/aromatic N) is 6. The van der Waals surface area contributed by atoms with Gasteiger partial charge in [0.15, 0.2) is 5.82 Å². The molecule has 5 heterocycles. The van der Waals surface area contributed by atoms with Crippen molar-refractivity contribution in [1.82, 2.24) is 29.7 Å². The zero-order valence-corrected chi connectivity index (χ0v) is 21.0. The number of H-pyrrole nitrogens is 1. The van der Waals surface area contributed by atoms with E-state index in [9.17, 15) is 0 Å². The first kappa shape index (κ1) is 21.8. The molecule has 2 aromatic carbocycles. The van der Waals surface area contributed by atoms with Crippen LogP contribution in [0, 0.1) is 6.92 Å². The highest BCUT2D eigenvalue weighted by Gasteiger charge is 2.29. The number of aromatic amines is 1. The number of ether oxygens (including phenoxy) is 1. The predicted octanol–water partition coefficient (Wildman–Crippen LogP) is 5.21. The van der Waals surface area contributed by atoms with E-state index in [0.717, 1.165) is 82.3 Å². The Morgan fingerprint density at radius 1 is 1.11 bits per heavy atom. The fourth-order valence-corrected chi connectivity index (χ4v) is 5.89. The van der Waals surface area contributed by atoms with Crippen LogP contribution in [0.4, 0.5) is 5.69 Å². The average Bonchev–Trinajstić information content (AvgIpc) is 3.48. The van der Waals surface area contributed by atoms with Gasteiger partial charge in [0, 0.05) is 41.8 Å².